The topological polar surface area (TPSA) is 49.1 Å². The van der Waals surface area contributed by atoms with Crippen molar-refractivity contribution < 1.29 is 21.0 Å². The van der Waals surface area contributed by atoms with E-state index in [2.05, 4.69) is 9.03 Å². The molecular weight excluding hydrogens is 316 g/mol. The molecule has 4 nitrogen and oxygen atoms in total. The maximum atomic E-state index is 14.0. The Labute approximate surface area is 99.6 Å². The van der Waals surface area contributed by atoms with Gasteiger partial charge in [-0.3, -0.25) is 0 Å². The maximum Gasteiger partial charge on any atom is 0.424 e. The van der Waals surface area contributed by atoms with Gasteiger partial charge in [-0.15, -0.1) is 30.3 Å². The number of nitrogens with zero attached hydrogens (tertiary/aromatic N) is 3. The molecule has 18 heavy (non-hydrogen) atoms. The molecule has 0 saturated carbocycles. The lowest BCUT2D eigenvalue weighted by Gasteiger charge is -2.18. The van der Waals surface area contributed by atoms with Crippen molar-refractivity contribution in [2.45, 2.75) is 0 Å². The first-order valence-corrected chi connectivity index (χ1v) is 8.97. The van der Waals surface area contributed by atoms with Crippen molar-refractivity contribution >= 4 is 29.0 Å². The van der Waals surface area contributed by atoms with Gasteiger partial charge < -0.3 is 5.09 Å². The van der Waals surface area contributed by atoms with Crippen molar-refractivity contribution in [3.8, 4) is 0 Å². The van der Waals surface area contributed by atoms with Crippen molar-refractivity contribution in [2.24, 2.45) is 13.5 Å². The third-order valence-electron chi connectivity index (χ3n) is 1.71. The molecule has 1 aromatic carbocycles. The minimum atomic E-state index is -5.65. The van der Waals surface area contributed by atoms with E-state index in [4.69, 9.17) is 0 Å². The summed E-state index contributed by atoms with van der Waals surface area (Å²) in [5.41, 5.74) is 0.0581. The van der Waals surface area contributed by atoms with E-state index in [9.17, 15) is 21.0 Å². The van der Waals surface area contributed by atoms with Crippen LogP contribution in [0.3, 0.4) is 0 Å². The van der Waals surface area contributed by atoms with Crippen molar-refractivity contribution in [1.82, 2.24) is 0 Å². The van der Waals surface area contributed by atoms with Gasteiger partial charge in [0.2, 0.25) is 0 Å². The van der Waals surface area contributed by atoms with Gasteiger partial charge in [-0.1, -0.05) is 18.2 Å². The average molecular weight is 322 g/mol. The standard InChI is InChI=1S/C6H6F5N4P3/c7-16(8)13-17(9,10)15-18(11,14-16)12-6-4-2-1-3-5-6/h1-5,12H. The number of halogens is 5. The number of anilines is 1. The molecule has 1 heterocycles. The van der Waals surface area contributed by atoms with E-state index in [-0.39, 0.29) is 5.69 Å². The van der Waals surface area contributed by atoms with Gasteiger partial charge in [0.25, 0.3) is 0 Å². The molecule has 0 radical (unpaired) electrons. The Morgan fingerprint density at radius 3 is 1.89 bits per heavy atom. The predicted octanol–water partition coefficient (Wildman–Crippen LogP) is 6.80. The molecule has 2 rings (SSSR count). The van der Waals surface area contributed by atoms with Gasteiger partial charge in [0.15, 0.2) is 0 Å². The van der Waals surface area contributed by atoms with Crippen LogP contribution in [0.25, 0.3) is 0 Å². The fourth-order valence-electron chi connectivity index (χ4n) is 1.19. The van der Waals surface area contributed by atoms with Gasteiger partial charge in [0.1, 0.15) is 0 Å². The first-order valence-electron chi connectivity index (χ1n) is 4.43. The molecule has 1 unspecified atom stereocenters. The molecule has 100 valence electrons. The van der Waals surface area contributed by atoms with Gasteiger partial charge in [-0.25, -0.2) is 0 Å². The molecule has 1 aliphatic rings. The Balaban J connectivity index is 2.47. The zero-order valence-corrected chi connectivity index (χ0v) is 11.1. The molecule has 0 aliphatic carbocycles. The van der Waals surface area contributed by atoms with Crippen molar-refractivity contribution in [3.05, 3.63) is 30.3 Å². The Kier molecular flexibility index (Phi) is 3.43. The second-order valence-electron chi connectivity index (χ2n) is 3.18. The number of benzene rings is 1. The summed E-state index contributed by atoms with van der Waals surface area (Å²) < 4.78 is 72.5. The summed E-state index contributed by atoms with van der Waals surface area (Å²) in [6, 6.07) is 7.26. The fraction of sp³-hybridized carbons (Fsp3) is 0. The summed E-state index contributed by atoms with van der Waals surface area (Å²) in [7, 11) is -16.1. The third kappa shape index (κ3) is 3.44. The molecule has 1 N–H and O–H groups in total. The number of hydrogen-bond donors (Lipinski definition) is 1. The number of hydrogen-bond acceptors (Lipinski definition) is 4. The average Bonchev–Trinajstić information content (AvgIpc) is 2.11. The van der Waals surface area contributed by atoms with Crippen LogP contribution < -0.4 is 5.09 Å². The van der Waals surface area contributed by atoms with Crippen LogP contribution >= 0.6 is 23.3 Å². The van der Waals surface area contributed by atoms with E-state index >= 15 is 0 Å². The Hall–Kier alpha value is -0.640. The first-order chi connectivity index (χ1) is 8.20. The SMILES string of the molecule is FP1(F)=NP(F)(F)=NP(F)(Nc2ccccc2)=N1. The molecule has 0 fully saturated rings. The second kappa shape index (κ2) is 4.48. The zero-order valence-electron chi connectivity index (χ0n) is 8.46. The van der Waals surface area contributed by atoms with Crippen LogP contribution in [0.1, 0.15) is 0 Å². The lowest BCUT2D eigenvalue weighted by molar-refractivity contribution is 0.697. The van der Waals surface area contributed by atoms with Crippen LogP contribution in [0.2, 0.25) is 0 Å². The monoisotopic (exact) mass is 322 g/mol. The molecule has 1 atom stereocenters. The quantitative estimate of drug-likeness (QED) is 0.472. The molecular formula is C6H6F5N4P3. The van der Waals surface area contributed by atoms with Crippen LogP contribution in [0, 0.1) is 0 Å². The normalized spacial score (nSPS) is 28.5. The molecule has 1 aliphatic heterocycles. The molecule has 1 aromatic rings. The van der Waals surface area contributed by atoms with Crippen LogP contribution in [0.4, 0.5) is 26.7 Å². The highest BCUT2D eigenvalue weighted by molar-refractivity contribution is 7.79. The smallest absolute Gasteiger partial charge is 0.310 e. The van der Waals surface area contributed by atoms with E-state index in [0.29, 0.717) is 0 Å². The highest BCUT2D eigenvalue weighted by Gasteiger charge is 2.39. The lowest BCUT2D eigenvalue weighted by Crippen LogP contribution is -1.91. The second-order valence-corrected chi connectivity index (χ2v) is 8.43. The van der Waals surface area contributed by atoms with E-state index in [1.54, 1.807) is 6.07 Å². The van der Waals surface area contributed by atoms with E-state index < -0.39 is 23.3 Å². The van der Waals surface area contributed by atoms with Crippen LogP contribution in [0.5, 0.6) is 0 Å². The summed E-state index contributed by atoms with van der Waals surface area (Å²) in [6.07, 6.45) is 0. The summed E-state index contributed by atoms with van der Waals surface area (Å²) >= 11 is 0. The van der Waals surface area contributed by atoms with Crippen LogP contribution in [0.15, 0.2) is 43.9 Å². The third-order valence-corrected chi connectivity index (χ3v) is 7.60. The predicted molar refractivity (Wildman–Crippen MR) is 63.6 cm³/mol. The minimum Gasteiger partial charge on any atom is -0.310 e. The Morgan fingerprint density at radius 2 is 1.33 bits per heavy atom. The number of rotatable bonds is 2. The van der Waals surface area contributed by atoms with E-state index in [1.165, 1.54) is 24.3 Å². The summed E-state index contributed by atoms with van der Waals surface area (Å²) in [4.78, 5) is 0. The molecule has 0 amide bonds. The largest absolute Gasteiger partial charge is 0.424 e. The summed E-state index contributed by atoms with van der Waals surface area (Å²) in [6.45, 7) is 0. The van der Waals surface area contributed by atoms with Gasteiger partial charge in [0.05, 0.1) is 0 Å². The molecule has 0 spiro atoms. The van der Waals surface area contributed by atoms with Crippen LogP contribution in [-0.2, 0) is 0 Å². The van der Waals surface area contributed by atoms with Crippen molar-refractivity contribution in [3.63, 3.8) is 0 Å². The van der Waals surface area contributed by atoms with Gasteiger partial charge in [-0.2, -0.15) is 4.20 Å². The molecule has 0 aromatic heterocycles. The Morgan fingerprint density at radius 1 is 0.778 bits per heavy atom. The molecule has 0 saturated heterocycles. The number of para-hydroxylation sites is 1. The number of nitrogens with one attached hydrogen (secondary N) is 1. The molecule has 0 bridgehead atoms. The highest BCUT2D eigenvalue weighted by Crippen LogP contribution is 2.81. The maximum absolute atomic E-state index is 14.0. The van der Waals surface area contributed by atoms with Gasteiger partial charge in [-0.05, 0) is 12.1 Å². The minimum absolute atomic E-state index is 0.0581. The zero-order chi connectivity index (χ0) is 13.4. The fourth-order valence-corrected chi connectivity index (χ4v) is 6.74. The van der Waals surface area contributed by atoms with Gasteiger partial charge >= 0.3 is 23.3 Å². The van der Waals surface area contributed by atoms with Crippen LogP contribution in [-0.4, -0.2) is 0 Å². The van der Waals surface area contributed by atoms with E-state index in [1.807, 2.05) is 9.60 Å². The Bertz CT molecular complexity index is 610. The first kappa shape index (κ1) is 13.8. The van der Waals surface area contributed by atoms with Crippen molar-refractivity contribution in [2.75, 3.05) is 5.09 Å². The molecule has 12 heteroatoms. The van der Waals surface area contributed by atoms with E-state index in [0.717, 1.165) is 0 Å². The van der Waals surface area contributed by atoms with Crippen molar-refractivity contribution in [1.29, 1.82) is 0 Å². The lowest BCUT2D eigenvalue weighted by atomic mass is 10.3. The van der Waals surface area contributed by atoms with Gasteiger partial charge in [0, 0.05) is 5.69 Å². The summed E-state index contributed by atoms with van der Waals surface area (Å²) in [5, 5.41) is 1.92. The highest BCUT2D eigenvalue weighted by atomic mass is 31.3. The summed E-state index contributed by atoms with van der Waals surface area (Å²) in [5.74, 6) is 0.